The molecule has 17 heavy (non-hydrogen) atoms. The molecule has 88 valence electrons. The predicted molar refractivity (Wildman–Crippen MR) is 66.1 cm³/mol. The molecule has 0 saturated carbocycles. The second kappa shape index (κ2) is 5.37. The van der Waals surface area contributed by atoms with Crippen molar-refractivity contribution in [3.8, 4) is 17.2 Å². The number of hydrogen-bond acceptors (Lipinski definition) is 2. The van der Waals surface area contributed by atoms with Crippen LogP contribution in [0.25, 0.3) is 0 Å². The van der Waals surface area contributed by atoms with Crippen LogP contribution in [0.3, 0.4) is 0 Å². The Morgan fingerprint density at radius 3 is 1.76 bits per heavy atom. The Hall–Kier alpha value is -2.00. The van der Waals surface area contributed by atoms with E-state index in [1.54, 1.807) is 7.11 Å². The average molecular weight is 230 g/mol. The zero-order valence-electron chi connectivity index (χ0n) is 9.85. The van der Waals surface area contributed by atoms with E-state index in [1.165, 1.54) is 5.56 Å². The fourth-order valence-corrected chi connectivity index (χ4v) is 1.50. The van der Waals surface area contributed by atoms with Crippen molar-refractivity contribution >= 4 is 0 Å². The maximum atomic E-state index is 5.70. The summed E-state index contributed by atoms with van der Waals surface area (Å²) >= 11 is 0. The number of ether oxygens (including phenoxy) is 2. The Morgan fingerprint density at radius 1 is 0.824 bits per heavy atom. The van der Waals surface area contributed by atoms with Crippen molar-refractivity contribution in [3.63, 3.8) is 0 Å². The summed E-state index contributed by atoms with van der Waals surface area (Å²) in [4.78, 5) is 0. The predicted octanol–water partition coefficient (Wildman–Crippen LogP) is 2.23. The Bertz CT molecular complexity index is 417. The normalized spacial score (nSPS) is 10.0. The van der Waals surface area contributed by atoms with Gasteiger partial charge in [-0.1, -0.05) is 0 Å². The van der Waals surface area contributed by atoms with Gasteiger partial charge in [0.05, 0.1) is 13.7 Å². The van der Waals surface area contributed by atoms with E-state index in [0.717, 1.165) is 23.8 Å². The number of methoxy groups -OCH3 is 1. The summed E-state index contributed by atoms with van der Waals surface area (Å²) in [7, 11) is 1.65. The third kappa shape index (κ3) is 2.98. The second-order valence-corrected chi connectivity index (χ2v) is 3.67. The maximum Gasteiger partial charge on any atom is 0.127 e. The largest absolute Gasteiger partial charge is 0.497 e. The van der Waals surface area contributed by atoms with Gasteiger partial charge in [-0.2, -0.15) is 0 Å². The van der Waals surface area contributed by atoms with Gasteiger partial charge in [0.1, 0.15) is 17.2 Å². The molecule has 0 unspecified atom stereocenters. The van der Waals surface area contributed by atoms with Crippen molar-refractivity contribution in [1.29, 1.82) is 0 Å². The van der Waals surface area contributed by atoms with E-state index in [-0.39, 0.29) is 0 Å². The fourth-order valence-electron chi connectivity index (χ4n) is 1.50. The van der Waals surface area contributed by atoms with Crippen molar-refractivity contribution < 1.29 is 15.2 Å². The summed E-state index contributed by atoms with van der Waals surface area (Å²) in [6.45, 7) is 0.794. The highest BCUT2D eigenvalue weighted by Gasteiger charge is 1.98. The first kappa shape index (κ1) is 11.5. The molecule has 0 amide bonds. The van der Waals surface area contributed by atoms with E-state index in [2.05, 4.69) is 5.73 Å². The molecular formula is C14H16NO2+. The minimum atomic E-state index is 0.794. The van der Waals surface area contributed by atoms with Gasteiger partial charge < -0.3 is 15.2 Å². The highest BCUT2D eigenvalue weighted by atomic mass is 16.5. The van der Waals surface area contributed by atoms with E-state index in [0.29, 0.717) is 0 Å². The molecule has 3 nitrogen and oxygen atoms in total. The molecule has 2 aromatic carbocycles. The van der Waals surface area contributed by atoms with E-state index >= 15 is 0 Å². The molecule has 0 aliphatic rings. The van der Waals surface area contributed by atoms with Crippen LogP contribution in [0.4, 0.5) is 0 Å². The molecule has 0 saturated heterocycles. The molecule has 0 heterocycles. The Kier molecular flexibility index (Phi) is 3.62. The van der Waals surface area contributed by atoms with Crippen molar-refractivity contribution in [2.45, 2.75) is 6.54 Å². The molecule has 3 heteroatoms. The van der Waals surface area contributed by atoms with E-state index in [4.69, 9.17) is 9.47 Å². The van der Waals surface area contributed by atoms with Crippen molar-refractivity contribution in [3.05, 3.63) is 54.1 Å². The van der Waals surface area contributed by atoms with Gasteiger partial charge in [-0.25, -0.2) is 0 Å². The summed E-state index contributed by atoms with van der Waals surface area (Å²) in [6.07, 6.45) is 0. The van der Waals surface area contributed by atoms with Crippen LogP contribution in [-0.4, -0.2) is 7.11 Å². The summed E-state index contributed by atoms with van der Waals surface area (Å²) in [5.41, 5.74) is 5.03. The van der Waals surface area contributed by atoms with E-state index in [9.17, 15) is 0 Å². The van der Waals surface area contributed by atoms with Gasteiger partial charge in [0.25, 0.3) is 0 Å². The molecule has 0 aliphatic carbocycles. The number of hydrogen-bond donors (Lipinski definition) is 1. The van der Waals surface area contributed by atoms with Crippen molar-refractivity contribution in [2.75, 3.05) is 7.11 Å². The van der Waals surface area contributed by atoms with Gasteiger partial charge in [0, 0.05) is 5.56 Å². The molecule has 2 aromatic rings. The lowest BCUT2D eigenvalue weighted by Crippen LogP contribution is -2.47. The number of rotatable bonds is 4. The summed E-state index contributed by atoms with van der Waals surface area (Å²) in [6, 6.07) is 15.5. The lowest BCUT2D eigenvalue weighted by atomic mass is 10.2. The van der Waals surface area contributed by atoms with E-state index in [1.807, 2.05) is 48.5 Å². The van der Waals surface area contributed by atoms with Crippen LogP contribution < -0.4 is 15.2 Å². The van der Waals surface area contributed by atoms with Crippen molar-refractivity contribution in [2.24, 2.45) is 0 Å². The van der Waals surface area contributed by atoms with Crippen LogP contribution in [0.1, 0.15) is 5.56 Å². The zero-order valence-corrected chi connectivity index (χ0v) is 9.85. The third-order valence-corrected chi connectivity index (χ3v) is 2.51. The van der Waals surface area contributed by atoms with Crippen LogP contribution in [0.2, 0.25) is 0 Å². The highest BCUT2D eigenvalue weighted by Crippen LogP contribution is 2.23. The lowest BCUT2D eigenvalue weighted by Gasteiger charge is -2.06. The summed E-state index contributed by atoms with van der Waals surface area (Å²) < 4.78 is 10.8. The number of quaternary nitrogens is 1. The van der Waals surface area contributed by atoms with Gasteiger partial charge in [0.15, 0.2) is 0 Å². The van der Waals surface area contributed by atoms with Gasteiger partial charge >= 0.3 is 0 Å². The smallest absolute Gasteiger partial charge is 0.127 e. The molecular weight excluding hydrogens is 214 g/mol. The third-order valence-electron chi connectivity index (χ3n) is 2.51. The first-order valence-corrected chi connectivity index (χ1v) is 5.52. The van der Waals surface area contributed by atoms with Crippen LogP contribution in [0.15, 0.2) is 48.5 Å². The molecule has 0 fully saturated rings. The van der Waals surface area contributed by atoms with E-state index < -0.39 is 0 Å². The van der Waals surface area contributed by atoms with Crippen LogP contribution in [0, 0.1) is 0 Å². The summed E-state index contributed by atoms with van der Waals surface area (Å²) in [5.74, 6) is 2.45. The topological polar surface area (TPSA) is 46.1 Å². The average Bonchev–Trinajstić information content (AvgIpc) is 2.40. The molecule has 0 aliphatic heterocycles. The molecule has 3 N–H and O–H groups in total. The van der Waals surface area contributed by atoms with Crippen LogP contribution in [0.5, 0.6) is 17.2 Å². The number of benzene rings is 2. The zero-order chi connectivity index (χ0) is 12.1. The minimum absolute atomic E-state index is 0.794. The minimum Gasteiger partial charge on any atom is -0.497 e. The molecule has 0 radical (unpaired) electrons. The second-order valence-electron chi connectivity index (χ2n) is 3.67. The molecule has 0 aromatic heterocycles. The van der Waals surface area contributed by atoms with Gasteiger partial charge in [-0.15, -0.1) is 0 Å². The summed E-state index contributed by atoms with van der Waals surface area (Å²) in [5, 5.41) is 0. The highest BCUT2D eigenvalue weighted by molar-refractivity contribution is 5.36. The van der Waals surface area contributed by atoms with Gasteiger partial charge in [0.2, 0.25) is 0 Å². The Labute approximate surface area is 101 Å². The van der Waals surface area contributed by atoms with Crippen LogP contribution in [-0.2, 0) is 6.54 Å². The van der Waals surface area contributed by atoms with Gasteiger partial charge in [-0.05, 0) is 48.5 Å². The first-order chi connectivity index (χ1) is 8.31. The Morgan fingerprint density at radius 2 is 1.29 bits per heavy atom. The standard InChI is InChI=1S/C14H15NO2/c1-16-12-6-8-14(9-7-12)17-13-4-2-11(10-15)3-5-13/h2-9H,10,15H2,1H3/p+1. The fraction of sp³-hybridized carbons (Fsp3) is 0.143. The molecule has 0 atom stereocenters. The molecule has 0 spiro atoms. The van der Waals surface area contributed by atoms with Crippen LogP contribution >= 0.6 is 0 Å². The lowest BCUT2D eigenvalue weighted by molar-refractivity contribution is -0.386. The molecule has 0 bridgehead atoms. The monoisotopic (exact) mass is 230 g/mol. The van der Waals surface area contributed by atoms with Crippen molar-refractivity contribution in [1.82, 2.24) is 0 Å². The first-order valence-electron chi connectivity index (χ1n) is 5.52. The molecule has 2 rings (SSSR count). The Balaban J connectivity index is 2.08. The maximum absolute atomic E-state index is 5.70. The quantitative estimate of drug-likeness (QED) is 0.875. The van der Waals surface area contributed by atoms with Gasteiger partial charge in [-0.3, -0.25) is 0 Å². The SMILES string of the molecule is COc1ccc(Oc2ccc(C[NH3+])cc2)cc1.